The van der Waals surface area contributed by atoms with Gasteiger partial charge in [-0.1, -0.05) is 36.4 Å². The molecule has 3 aromatic carbocycles. The molecule has 0 aliphatic carbocycles. The summed E-state index contributed by atoms with van der Waals surface area (Å²) in [7, 11) is 3.19. The number of amides is 2. The van der Waals surface area contributed by atoms with Crippen LogP contribution in [-0.4, -0.2) is 50.6 Å². The molecule has 1 aliphatic rings. The van der Waals surface area contributed by atoms with Crippen molar-refractivity contribution in [2.75, 3.05) is 33.9 Å². The molecule has 0 unspecified atom stereocenters. The number of hydrogen-bond donors (Lipinski definition) is 2. The van der Waals surface area contributed by atoms with E-state index in [1.54, 1.807) is 26.4 Å². The number of nitrogens with zero attached hydrogens (tertiary/aromatic N) is 1. The third-order valence-electron chi connectivity index (χ3n) is 6.60. The van der Waals surface area contributed by atoms with Gasteiger partial charge in [-0.2, -0.15) is 0 Å². The number of ether oxygens (including phenoxy) is 3. The SMILES string of the molecule is COc1cc(CNC(=O)c2ccc3c(c2)OCCCCCNC(=O)CN(Cc2ccccc2)C3)cc(OC)c1. The number of benzene rings is 3. The lowest BCUT2D eigenvalue weighted by Crippen LogP contribution is -2.37. The molecule has 1 heterocycles. The van der Waals surface area contributed by atoms with Gasteiger partial charge in [-0.25, -0.2) is 0 Å². The smallest absolute Gasteiger partial charge is 0.251 e. The molecule has 2 N–H and O–H groups in total. The fourth-order valence-corrected chi connectivity index (χ4v) is 4.54. The number of rotatable bonds is 7. The molecule has 0 saturated carbocycles. The van der Waals surface area contributed by atoms with Crippen LogP contribution in [0.3, 0.4) is 0 Å². The Kier molecular flexibility index (Phi) is 10.2. The van der Waals surface area contributed by atoms with E-state index in [1.807, 2.05) is 42.5 Å². The highest BCUT2D eigenvalue weighted by molar-refractivity contribution is 5.94. The van der Waals surface area contributed by atoms with Crippen molar-refractivity contribution in [3.63, 3.8) is 0 Å². The molecule has 8 nitrogen and oxygen atoms in total. The Morgan fingerprint density at radius 3 is 2.44 bits per heavy atom. The third kappa shape index (κ3) is 8.48. The summed E-state index contributed by atoms with van der Waals surface area (Å²) in [4.78, 5) is 27.8. The molecular weight excluding hydrogens is 494 g/mol. The first-order valence-electron chi connectivity index (χ1n) is 13.3. The van der Waals surface area contributed by atoms with Crippen molar-refractivity contribution in [2.45, 2.75) is 38.9 Å². The van der Waals surface area contributed by atoms with Crippen molar-refractivity contribution in [3.8, 4) is 17.2 Å². The Bertz CT molecular complexity index is 1230. The van der Waals surface area contributed by atoms with E-state index < -0.39 is 0 Å². The lowest BCUT2D eigenvalue weighted by molar-refractivity contribution is -0.122. The van der Waals surface area contributed by atoms with Gasteiger partial charge in [-0.15, -0.1) is 0 Å². The second kappa shape index (κ2) is 14.2. The molecule has 3 aromatic rings. The molecule has 0 fully saturated rings. The van der Waals surface area contributed by atoms with E-state index >= 15 is 0 Å². The average Bonchev–Trinajstić information content (AvgIpc) is 2.97. The monoisotopic (exact) mass is 531 g/mol. The highest BCUT2D eigenvalue weighted by Crippen LogP contribution is 2.25. The topological polar surface area (TPSA) is 89.1 Å². The number of fused-ring (bicyclic) bond motifs is 1. The Morgan fingerprint density at radius 2 is 1.69 bits per heavy atom. The zero-order valence-electron chi connectivity index (χ0n) is 22.7. The summed E-state index contributed by atoms with van der Waals surface area (Å²) in [5.41, 5.74) is 3.45. The van der Waals surface area contributed by atoms with Crippen LogP contribution in [0.5, 0.6) is 17.2 Å². The first-order chi connectivity index (χ1) is 19.0. The van der Waals surface area contributed by atoms with Crippen LogP contribution in [0.25, 0.3) is 0 Å². The van der Waals surface area contributed by atoms with Gasteiger partial charge in [-0.3, -0.25) is 14.5 Å². The molecule has 0 aromatic heterocycles. The number of carbonyl (C=O) groups is 2. The van der Waals surface area contributed by atoms with E-state index in [9.17, 15) is 9.59 Å². The van der Waals surface area contributed by atoms with Crippen molar-refractivity contribution >= 4 is 11.8 Å². The molecule has 8 heteroatoms. The van der Waals surface area contributed by atoms with Crippen molar-refractivity contribution < 1.29 is 23.8 Å². The molecule has 1 aliphatic heterocycles. The molecule has 0 atom stereocenters. The Hall–Kier alpha value is -4.04. The number of hydrogen-bond acceptors (Lipinski definition) is 6. The zero-order chi connectivity index (χ0) is 27.5. The molecule has 0 spiro atoms. The van der Waals surface area contributed by atoms with Gasteiger partial charge in [0.1, 0.15) is 17.2 Å². The maximum atomic E-state index is 13.1. The van der Waals surface area contributed by atoms with Gasteiger partial charge in [0.15, 0.2) is 0 Å². The van der Waals surface area contributed by atoms with E-state index in [0.29, 0.717) is 55.6 Å². The molecule has 2 amide bonds. The van der Waals surface area contributed by atoms with Crippen LogP contribution >= 0.6 is 0 Å². The van der Waals surface area contributed by atoms with Crippen LogP contribution < -0.4 is 24.8 Å². The van der Waals surface area contributed by atoms with Crippen LogP contribution in [0.4, 0.5) is 0 Å². The van der Waals surface area contributed by atoms with Crippen LogP contribution in [0.2, 0.25) is 0 Å². The normalized spacial score (nSPS) is 14.9. The molecule has 0 bridgehead atoms. The van der Waals surface area contributed by atoms with Crippen molar-refractivity contribution in [3.05, 3.63) is 89.0 Å². The summed E-state index contributed by atoms with van der Waals surface area (Å²) in [6, 6.07) is 21.2. The average molecular weight is 532 g/mol. The fourth-order valence-electron chi connectivity index (χ4n) is 4.54. The van der Waals surface area contributed by atoms with Crippen LogP contribution in [0.1, 0.15) is 46.3 Å². The minimum Gasteiger partial charge on any atom is -0.497 e. The van der Waals surface area contributed by atoms with E-state index in [4.69, 9.17) is 14.2 Å². The van der Waals surface area contributed by atoms with E-state index in [-0.39, 0.29) is 18.4 Å². The zero-order valence-corrected chi connectivity index (χ0v) is 22.7. The second-order valence-electron chi connectivity index (χ2n) is 9.62. The number of nitrogens with one attached hydrogen (secondary N) is 2. The van der Waals surface area contributed by atoms with E-state index in [2.05, 4.69) is 27.7 Å². The van der Waals surface area contributed by atoms with E-state index in [0.717, 1.165) is 36.0 Å². The van der Waals surface area contributed by atoms with Crippen molar-refractivity contribution in [1.82, 2.24) is 15.5 Å². The molecule has 4 rings (SSSR count). The van der Waals surface area contributed by atoms with E-state index in [1.165, 1.54) is 0 Å². The quantitative estimate of drug-likeness (QED) is 0.472. The van der Waals surface area contributed by atoms with Gasteiger partial charge in [0.05, 0.1) is 27.4 Å². The third-order valence-corrected chi connectivity index (χ3v) is 6.60. The first kappa shape index (κ1) is 28.0. The van der Waals surface area contributed by atoms with Crippen LogP contribution in [0.15, 0.2) is 66.7 Å². The molecule has 39 heavy (non-hydrogen) atoms. The minimum atomic E-state index is -0.202. The maximum Gasteiger partial charge on any atom is 0.251 e. The summed E-state index contributed by atoms with van der Waals surface area (Å²) in [5.74, 6) is 1.81. The lowest BCUT2D eigenvalue weighted by atomic mass is 10.1. The van der Waals surface area contributed by atoms with Gasteiger partial charge >= 0.3 is 0 Å². The highest BCUT2D eigenvalue weighted by atomic mass is 16.5. The molecule has 0 saturated heterocycles. The van der Waals surface area contributed by atoms with Gasteiger partial charge in [0.2, 0.25) is 5.91 Å². The molecular formula is C31H37N3O5. The largest absolute Gasteiger partial charge is 0.497 e. The Balaban J connectivity index is 1.52. The van der Waals surface area contributed by atoms with Gasteiger partial charge < -0.3 is 24.8 Å². The minimum absolute atomic E-state index is 0.0119. The highest BCUT2D eigenvalue weighted by Gasteiger charge is 2.17. The van der Waals surface area contributed by atoms with Gasteiger partial charge in [0, 0.05) is 43.4 Å². The van der Waals surface area contributed by atoms with Crippen molar-refractivity contribution in [2.24, 2.45) is 0 Å². The number of carbonyl (C=O) groups excluding carboxylic acids is 2. The van der Waals surface area contributed by atoms with Gasteiger partial charge in [0.25, 0.3) is 5.91 Å². The van der Waals surface area contributed by atoms with Gasteiger partial charge in [-0.05, 0) is 54.7 Å². The second-order valence-corrected chi connectivity index (χ2v) is 9.62. The molecule has 0 radical (unpaired) electrons. The fraction of sp³-hybridized carbons (Fsp3) is 0.355. The molecule has 206 valence electrons. The summed E-state index contributed by atoms with van der Waals surface area (Å²) in [6.45, 7) is 2.96. The Morgan fingerprint density at radius 1 is 0.923 bits per heavy atom. The number of methoxy groups -OCH3 is 2. The summed E-state index contributed by atoms with van der Waals surface area (Å²) in [5, 5.41) is 6.02. The lowest BCUT2D eigenvalue weighted by Gasteiger charge is -2.23. The maximum absolute atomic E-state index is 13.1. The van der Waals surface area contributed by atoms with Crippen LogP contribution in [-0.2, 0) is 24.4 Å². The standard InChI is InChI=1S/C31H37N3O5/c1-37-27-15-24(16-28(18-27)38-2)19-33-31(36)25-11-12-26-21-34(20-23-9-5-3-6-10-23)22-30(35)32-13-7-4-8-14-39-29(26)17-25/h3,5-6,9-12,15-18H,4,7-8,13-14,19-22H2,1-2H3,(H,32,35)(H,33,36). The van der Waals surface area contributed by atoms with Crippen LogP contribution in [0, 0.1) is 0 Å². The predicted molar refractivity (Wildman–Crippen MR) is 150 cm³/mol. The summed E-state index contributed by atoms with van der Waals surface area (Å²) in [6.07, 6.45) is 2.73. The summed E-state index contributed by atoms with van der Waals surface area (Å²) >= 11 is 0. The first-order valence-corrected chi connectivity index (χ1v) is 13.3. The predicted octanol–water partition coefficient (Wildman–Crippen LogP) is 4.31. The van der Waals surface area contributed by atoms with Crippen molar-refractivity contribution in [1.29, 1.82) is 0 Å². The Labute approximate surface area is 230 Å². The summed E-state index contributed by atoms with van der Waals surface area (Å²) < 4.78 is 16.9.